The van der Waals surface area contributed by atoms with E-state index in [0.29, 0.717) is 32.0 Å². The summed E-state index contributed by atoms with van der Waals surface area (Å²) in [5.74, 6) is 0.0641. The fourth-order valence-corrected chi connectivity index (χ4v) is 2.98. The lowest BCUT2D eigenvalue weighted by Gasteiger charge is -2.29. The molecule has 5 nitrogen and oxygen atoms in total. The highest BCUT2D eigenvalue weighted by Crippen LogP contribution is 2.35. The van der Waals surface area contributed by atoms with Crippen molar-refractivity contribution >= 4 is 17.3 Å². The van der Waals surface area contributed by atoms with Crippen LogP contribution < -0.4 is 16.0 Å². The summed E-state index contributed by atoms with van der Waals surface area (Å²) in [5.41, 5.74) is 7.58. The summed E-state index contributed by atoms with van der Waals surface area (Å²) in [5, 5.41) is 2.89. The van der Waals surface area contributed by atoms with Gasteiger partial charge in [0.2, 0.25) is 0 Å². The SMILES string of the molecule is Cc1ccc(NC(N)=NCc2ccc(N3CCOCC3)cc2C(F)(F)F)cc1. The van der Waals surface area contributed by atoms with Crippen LogP contribution in [0.15, 0.2) is 47.5 Å². The second kappa shape index (κ2) is 8.52. The van der Waals surface area contributed by atoms with Crippen molar-refractivity contribution in [3.05, 3.63) is 59.2 Å². The van der Waals surface area contributed by atoms with E-state index in [4.69, 9.17) is 10.5 Å². The van der Waals surface area contributed by atoms with Crippen LogP contribution >= 0.6 is 0 Å². The van der Waals surface area contributed by atoms with Gasteiger partial charge in [0.1, 0.15) is 0 Å². The molecule has 1 aliphatic rings. The lowest BCUT2D eigenvalue weighted by molar-refractivity contribution is -0.138. The Labute approximate surface area is 162 Å². The number of aliphatic imine (C=N–C) groups is 1. The predicted molar refractivity (Wildman–Crippen MR) is 105 cm³/mol. The van der Waals surface area contributed by atoms with Crippen LogP contribution in [0, 0.1) is 6.92 Å². The maximum atomic E-state index is 13.6. The molecule has 0 amide bonds. The molecule has 0 bridgehead atoms. The third-order valence-corrected chi connectivity index (χ3v) is 4.52. The van der Waals surface area contributed by atoms with Crippen LogP contribution in [0.4, 0.5) is 24.5 Å². The number of nitrogens with one attached hydrogen (secondary N) is 1. The molecule has 28 heavy (non-hydrogen) atoms. The number of rotatable bonds is 4. The maximum Gasteiger partial charge on any atom is 0.416 e. The van der Waals surface area contributed by atoms with Gasteiger partial charge in [-0.3, -0.25) is 0 Å². The van der Waals surface area contributed by atoms with Gasteiger partial charge in [0.15, 0.2) is 5.96 Å². The quantitative estimate of drug-likeness (QED) is 0.614. The number of ether oxygens (including phenoxy) is 1. The number of hydrogen-bond acceptors (Lipinski definition) is 3. The lowest BCUT2D eigenvalue weighted by atomic mass is 10.1. The van der Waals surface area contributed by atoms with Crippen LogP contribution in [-0.2, 0) is 17.5 Å². The van der Waals surface area contributed by atoms with Crippen LogP contribution in [0.3, 0.4) is 0 Å². The molecule has 3 rings (SSSR count). The van der Waals surface area contributed by atoms with Gasteiger partial charge in [-0.05, 0) is 36.8 Å². The van der Waals surface area contributed by atoms with E-state index in [1.807, 2.05) is 36.1 Å². The van der Waals surface area contributed by atoms with Crippen molar-refractivity contribution in [1.82, 2.24) is 0 Å². The van der Waals surface area contributed by atoms with Crippen molar-refractivity contribution in [3.63, 3.8) is 0 Å². The average Bonchev–Trinajstić information content (AvgIpc) is 2.68. The highest BCUT2D eigenvalue weighted by Gasteiger charge is 2.34. The molecule has 0 atom stereocenters. The monoisotopic (exact) mass is 392 g/mol. The van der Waals surface area contributed by atoms with E-state index in [0.717, 1.165) is 11.3 Å². The Morgan fingerprint density at radius 2 is 1.82 bits per heavy atom. The second-order valence-corrected chi connectivity index (χ2v) is 6.63. The number of guanidine groups is 1. The minimum Gasteiger partial charge on any atom is -0.378 e. The van der Waals surface area contributed by atoms with Crippen LogP contribution in [0.1, 0.15) is 16.7 Å². The van der Waals surface area contributed by atoms with Crippen molar-refractivity contribution in [2.45, 2.75) is 19.6 Å². The number of anilines is 2. The summed E-state index contributed by atoms with van der Waals surface area (Å²) in [7, 11) is 0. The van der Waals surface area contributed by atoms with Crippen molar-refractivity contribution in [2.24, 2.45) is 10.7 Å². The molecule has 0 saturated carbocycles. The molecule has 0 aromatic heterocycles. The van der Waals surface area contributed by atoms with Crippen molar-refractivity contribution < 1.29 is 17.9 Å². The number of morpholine rings is 1. The Kier molecular flexibility index (Phi) is 6.08. The molecule has 0 radical (unpaired) electrons. The normalized spacial score (nSPS) is 15.6. The van der Waals surface area contributed by atoms with E-state index in [-0.39, 0.29) is 18.1 Å². The topological polar surface area (TPSA) is 62.9 Å². The first-order valence-electron chi connectivity index (χ1n) is 8.99. The molecule has 150 valence electrons. The molecule has 0 spiro atoms. The first kappa shape index (κ1) is 20.0. The third-order valence-electron chi connectivity index (χ3n) is 4.52. The molecule has 0 unspecified atom stereocenters. The molecule has 1 fully saturated rings. The molecule has 1 saturated heterocycles. The number of nitrogens with two attached hydrogens (primary N) is 1. The van der Waals surface area contributed by atoms with Crippen LogP contribution in [-0.4, -0.2) is 32.3 Å². The van der Waals surface area contributed by atoms with Crippen LogP contribution in [0.25, 0.3) is 0 Å². The van der Waals surface area contributed by atoms with E-state index in [1.165, 1.54) is 12.1 Å². The van der Waals surface area contributed by atoms with Crippen LogP contribution in [0.2, 0.25) is 0 Å². The van der Waals surface area contributed by atoms with Gasteiger partial charge in [0.25, 0.3) is 0 Å². The van der Waals surface area contributed by atoms with Crippen molar-refractivity contribution in [3.8, 4) is 0 Å². The van der Waals surface area contributed by atoms with E-state index in [9.17, 15) is 13.2 Å². The summed E-state index contributed by atoms with van der Waals surface area (Å²) in [6.07, 6.45) is -4.47. The zero-order valence-electron chi connectivity index (χ0n) is 15.6. The van der Waals surface area contributed by atoms with Crippen LogP contribution in [0.5, 0.6) is 0 Å². The zero-order chi connectivity index (χ0) is 20.1. The van der Waals surface area contributed by atoms with E-state index < -0.39 is 11.7 Å². The Morgan fingerprint density at radius 1 is 1.14 bits per heavy atom. The molecular weight excluding hydrogens is 369 g/mol. The third kappa shape index (κ3) is 5.16. The zero-order valence-corrected chi connectivity index (χ0v) is 15.6. The molecule has 0 aliphatic carbocycles. The molecular formula is C20H23F3N4O. The second-order valence-electron chi connectivity index (χ2n) is 6.63. The number of alkyl halides is 3. The Hall–Kier alpha value is -2.74. The fraction of sp³-hybridized carbons (Fsp3) is 0.350. The van der Waals surface area contributed by atoms with Gasteiger partial charge in [0.05, 0.1) is 25.3 Å². The van der Waals surface area contributed by atoms with Gasteiger partial charge >= 0.3 is 6.18 Å². The summed E-state index contributed by atoms with van der Waals surface area (Å²) in [6, 6.07) is 11.8. The van der Waals surface area contributed by atoms with Gasteiger partial charge in [-0.15, -0.1) is 0 Å². The van der Waals surface area contributed by atoms with Gasteiger partial charge < -0.3 is 20.7 Å². The molecule has 3 N–H and O–H groups in total. The summed E-state index contributed by atoms with van der Waals surface area (Å²) in [4.78, 5) is 5.97. The predicted octanol–water partition coefficient (Wildman–Crippen LogP) is 3.78. The summed E-state index contributed by atoms with van der Waals surface area (Å²) < 4.78 is 46.0. The van der Waals surface area contributed by atoms with E-state index >= 15 is 0 Å². The Morgan fingerprint density at radius 3 is 2.46 bits per heavy atom. The Bertz CT molecular complexity index is 828. The molecule has 8 heteroatoms. The highest BCUT2D eigenvalue weighted by molar-refractivity contribution is 5.92. The minimum atomic E-state index is -4.47. The van der Waals surface area contributed by atoms with Gasteiger partial charge in [0, 0.05) is 24.5 Å². The molecule has 1 aliphatic heterocycles. The van der Waals surface area contributed by atoms with Crippen molar-refractivity contribution in [2.75, 3.05) is 36.5 Å². The van der Waals surface area contributed by atoms with E-state index in [2.05, 4.69) is 10.3 Å². The van der Waals surface area contributed by atoms with Gasteiger partial charge in [-0.1, -0.05) is 23.8 Å². The summed E-state index contributed by atoms with van der Waals surface area (Å²) in [6.45, 7) is 3.96. The fourth-order valence-electron chi connectivity index (χ4n) is 2.98. The number of aryl methyl sites for hydroxylation is 1. The Balaban J connectivity index is 1.77. The standard InChI is InChI=1S/C20H23F3N4O/c1-14-2-5-16(6-3-14)26-19(24)25-13-15-4-7-17(12-18(15)20(21,22)23)27-8-10-28-11-9-27/h2-7,12H,8-11,13H2,1H3,(H3,24,25,26). The maximum absolute atomic E-state index is 13.6. The van der Waals surface area contributed by atoms with Gasteiger partial charge in [-0.2, -0.15) is 13.2 Å². The molecule has 2 aromatic rings. The largest absolute Gasteiger partial charge is 0.416 e. The number of halogens is 3. The molecule has 1 heterocycles. The van der Waals surface area contributed by atoms with Gasteiger partial charge in [-0.25, -0.2) is 4.99 Å². The first-order valence-corrected chi connectivity index (χ1v) is 8.99. The molecule has 2 aromatic carbocycles. The number of benzene rings is 2. The number of nitrogens with zero attached hydrogens (tertiary/aromatic N) is 2. The number of hydrogen-bond donors (Lipinski definition) is 2. The summed E-state index contributed by atoms with van der Waals surface area (Å²) >= 11 is 0. The average molecular weight is 392 g/mol. The first-order chi connectivity index (χ1) is 13.3. The van der Waals surface area contributed by atoms with E-state index in [1.54, 1.807) is 6.07 Å². The highest BCUT2D eigenvalue weighted by atomic mass is 19.4. The smallest absolute Gasteiger partial charge is 0.378 e. The van der Waals surface area contributed by atoms with Crippen molar-refractivity contribution in [1.29, 1.82) is 0 Å². The lowest BCUT2D eigenvalue weighted by Crippen LogP contribution is -2.36. The minimum absolute atomic E-state index is 0.0641.